The van der Waals surface area contributed by atoms with Gasteiger partial charge in [-0.3, -0.25) is 9.36 Å². The summed E-state index contributed by atoms with van der Waals surface area (Å²) in [5, 5.41) is 0.555. The van der Waals surface area contributed by atoms with E-state index >= 15 is 0 Å². The van der Waals surface area contributed by atoms with Gasteiger partial charge in [0.25, 0.3) is 5.56 Å². The summed E-state index contributed by atoms with van der Waals surface area (Å²) in [6.45, 7) is 6.08. The molecule has 0 fully saturated rings. The fraction of sp³-hybridized carbons (Fsp3) is 0.269. The highest BCUT2D eigenvalue weighted by Gasteiger charge is 2.33. The smallest absolute Gasteiger partial charge is 0.338 e. The Balaban J connectivity index is 1.92. The molecule has 188 valence electrons. The van der Waals surface area contributed by atoms with Crippen LogP contribution in [0.25, 0.3) is 6.08 Å². The fourth-order valence-corrected chi connectivity index (χ4v) is 5.76. The summed E-state index contributed by atoms with van der Waals surface area (Å²) < 4.78 is 19.2. The molecule has 7 nitrogen and oxygen atoms in total. The third kappa shape index (κ3) is 5.00. The number of hydrogen-bond acceptors (Lipinski definition) is 7. The number of halogens is 2. The maximum Gasteiger partial charge on any atom is 0.338 e. The molecule has 2 heterocycles. The van der Waals surface area contributed by atoms with Crippen LogP contribution in [0.4, 0.5) is 0 Å². The van der Waals surface area contributed by atoms with Gasteiger partial charge < -0.3 is 14.2 Å². The molecule has 0 radical (unpaired) electrons. The van der Waals surface area contributed by atoms with Crippen molar-refractivity contribution in [1.29, 1.82) is 0 Å². The van der Waals surface area contributed by atoms with Gasteiger partial charge in [-0.05, 0) is 78.2 Å². The van der Waals surface area contributed by atoms with Crippen LogP contribution in [0.15, 0.2) is 61.9 Å². The lowest BCUT2D eigenvalue weighted by atomic mass is 9.96. The van der Waals surface area contributed by atoms with Crippen LogP contribution >= 0.6 is 38.9 Å². The molecule has 0 aliphatic carbocycles. The van der Waals surface area contributed by atoms with Crippen LogP contribution < -0.4 is 24.4 Å². The Morgan fingerprint density at radius 2 is 1.94 bits per heavy atom. The van der Waals surface area contributed by atoms with E-state index < -0.39 is 12.0 Å². The number of aromatic nitrogens is 1. The third-order valence-corrected chi connectivity index (χ3v) is 7.36. The molecule has 10 heteroatoms. The molecule has 2 aromatic carbocycles. The van der Waals surface area contributed by atoms with Crippen LogP contribution in [0.2, 0.25) is 5.02 Å². The van der Waals surface area contributed by atoms with Crippen molar-refractivity contribution in [2.75, 3.05) is 20.3 Å². The quantitative estimate of drug-likeness (QED) is 0.375. The molecule has 0 bridgehead atoms. The van der Waals surface area contributed by atoms with E-state index in [9.17, 15) is 9.59 Å². The van der Waals surface area contributed by atoms with Crippen LogP contribution in [0.3, 0.4) is 0 Å². The van der Waals surface area contributed by atoms with Crippen molar-refractivity contribution in [2.24, 2.45) is 4.99 Å². The van der Waals surface area contributed by atoms with E-state index in [4.69, 9.17) is 25.8 Å². The van der Waals surface area contributed by atoms with Gasteiger partial charge in [-0.2, -0.15) is 0 Å². The van der Waals surface area contributed by atoms with Crippen LogP contribution in [0.5, 0.6) is 11.5 Å². The lowest BCUT2D eigenvalue weighted by Crippen LogP contribution is -2.39. The first-order chi connectivity index (χ1) is 17.3. The highest BCUT2D eigenvalue weighted by Crippen LogP contribution is 2.37. The largest absolute Gasteiger partial charge is 0.493 e. The number of methoxy groups -OCH3 is 1. The average Bonchev–Trinajstić information content (AvgIpc) is 3.14. The Kier molecular flexibility index (Phi) is 8.02. The number of rotatable bonds is 7. The Bertz CT molecular complexity index is 1530. The summed E-state index contributed by atoms with van der Waals surface area (Å²) in [5.74, 6) is 0.633. The van der Waals surface area contributed by atoms with Crippen molar-refractivity contribution >= 4 is 50.9 Å². The molecule has 36 heavy (non-hydrogen) atoms. The highest BCUT2D eigenvalue weighted by atomic mass is 79.9. The molecule has 0 N–H and O–H groups in total. The average molecular weight is 592 g/mol. The first-order valence-corrected chi connectivity index (χ1v) is 13.2. The maximum absolute atomic E-state index is 13.7. The number of esters is 1. The molecule has 4 rings (SSSR count). The predicted molar refractivity (Wildman–Crippen MR) is 144 cm³/mol. The molecule has 1 aliphatic heterocycles. The fourth-order valence-electron chi connectivity index (χ4n) is 4.01. The van der Waals surface area contributed by atoms with E-state index in [0.29, 0.717) is 48.2 Å². The molecule has 0 unspecified atom stereocenters. The molecule has 0 saturated heterocycles. The summed E-state index contributed by atoms with van der Waals surface area (Å²) >= 11 is 10.9. The van der Waals surface area contributed by atoms with Gasteiger partial charge in [0.15, 0.2) is 16.3 Å². The van der Waals surface area contributed by atoms with E-state index in [2.05, 4.69) is 20.9 Å². The summed E-state index contributed by atoms with van der Waals surface area (Å²) in [6, 6.07) is 10.0. The number of carbonyl (C=O) groups excluding carboxylic acids is 1. The SMILES string of the molecule is CCOC(=O)C1=C(C)N=c2s/c(=C\c3cc(Br)c(OCC)c(OC)c3)c(=O)n2[C@@H]1c1ccc(Cl)cc1. The number of thiazole rings is 1. The number of allylic oxidation sites excluding steroid dienone is 1. The third-order valence-electron chi connectivity index (χ3n) is 5.54. The van der Waals surface area contributed by atoms with E-state index in [1.807, 2.05) is 13.0 Å². The Hall–Kier alpha value is -2.88. The van der Waals surface area contributed by atoms with Gasteiger partial charge in [-0.15, -0.1) is 0 Å². The zero-order valence-electron chi connectivity index (χ0n) is 20.1. The molecule has 3 aromatic rings. The predicted octanol–water partition coefficient (Wildman–Crippen LogP) is 4.62. The summed E-state index contributed by atoms with van der Waals surface area (Å²) in [6.07, 6.45) is 1.77. The van der Waals surface area contributed by atoms with E-state index in [1.54, 1.807) is 61.9 Å². The van der Waals surface area contributed by atoms with E-state index in [1.165, 1.54) is 11.3 Å². The van der Waals surface area contributed by atoms with Crippen LogP contribution in [-0.2, 0) is 9.53 Å². The second-order valence-electron chi connectivity index (χ2n) is 7.82. The van der Waals surface area contributed by atoms with Gasteiger partial charge in [0.2, 0.25) is 0 Å². The summed E-state index contributed by atoms with van der Waals surface area (Å²) in [4.78, 5) is 31.8. The van der Waals surface area contributed by atoms with Gasteiger partial charge in [0.1, 0.15) is 0 Å². The second kappa shape index (κ2) is 11.0. The van der Waals surface area contributed by atoms with E-state index in [-0.39, 0.29) is 12.2 Å². The van der Waals surface area contributed by atoms with Crippen molar-refractivity contribution in [3.05, 3.63) is 88.0 Å². The van der Waals surface area contributed by atoms with Gasteiger partial charge in [0.05, 0.1) is 46.6 Å². The summed E-state index contributed by atoms with van der Waals surface area (Å²) in [7, 11) is 1.56. The van der Waals surface area contributed by atoms with Crippen molar-refractivity contribution < 1.29 is 19.0 Å². The monoisotopic (exact) mass is 590 g/mol. The minimum atomic E-state index is -0.693. The van der Waals surface area contributed by atoms with Crippen molar-refractivity contribution in [3.8, 4) is 11.5 Å². The Morgan fingerprint density at radius 1 is 1.22 bits per heavy atom. The van der Waals surface area contributed by atoms with Crippen LogP contribution in [0, 0.1) is 0 Å². The first kappa shape index (κ1) is 26.2. The topological polar surface area (TPSA) is 79.1 Å². The van der Waals surface area contributed by atoms with Gasteiger partial charge in [0, 0.05) is 5.02 Å². The number of benzene rings is 2. The highest BCUT2D eigenvalue weighted by molar-refractivity contribution is 9.10. The normalized spacial score (nSPS) is 15.4. The molecular weight excluding hydrogens is 568 g/mol. The molecule has 0 saturated carbocycles. The molecule has 1 atom stereocenters. The molecule has 1 aliphatic rings. The Morgan fingerprint density at radius 3 is 2.58 bits per heavy atom. The zero-order chi connectivity index (χ0) is 26.0. The number of nitrogens with zero attached hydrogens (tertiary/aromatic N) is 2. The number of fused-ring (bicyclic) bond motifs is 1. The molecule has 0 amide bonds. The number of hydrogen-bond donors (Lipinski definition) is 0. The summed E-state index contributed by atoms with van der Waals surface area (Å²) in [5.41, 5.74) is 2.04. The van der Waals surface area contributed by atoms with Crippen molar-refractivity contribution in [3.63, 3.8) is 0 Å². The molecular formula is C26H24BrClN2O5S. The molecule has 1 aromatic heterocycles. The lowest BCUT2D eigenvalue weighted by molar-refractivity contribution is -0.139. The first-order valence-electron chi connectivity index (χ1n) is 11.2. The van der Waals surface area contributed by atoms with Gasteiger partial charge in [-0.25, -0.2) is 9.79 Å². The Labute approximate surface area is 225 Å². The zero-order valence-corrected chi connectivity index (χ0v) is 23.3. The minimum absolute atomic E-state index is 0.210. The lowest BCUT2D eigenvalue weighted by Gasteiger charge is -2.24. The standard InChI is InChI=1S/C26H24BrClN2O5S/c1-5-34-23-18(27)11-15(12-19(23)33-4)13-20-24(31)30-22(16-7-9-17(28)10-8-16)21(25(32)35-6-2)14(3)29-26(30)36-20/h7-13,22H,5-6H2,1-4H3/b20-13-/t22-/m1/s1. The number of ether oxygens (including phenoxy) is 3. The van der Waals surface area contributed by atoms with Crippen LogP contribution in [0.1, 0.15) is 37.9 Å². The van der Waals surface area contributed by atoms with Gasteiger partial charge in [-0.1, -0.05) is 35.1 Å². The van der Waals surface area contributed by atoms with Crippen molar-refractivity contribution in [2.45, 2.75) is 26.8 Å². The van der Waals surface area contributed by atoms with E-state index in [0.717, 1.165) is 11.1 Å². The second-order valence-corrected chi connectivity index (χ2v) is 10.1. The minimum Gasteiger partial charge on any atom is -0.493 e. The molecule has 0 spiro atoms. The van der Waals surface area contributed by atoms with Crippen LogP contribution in [-0.4, -0.2) is 30.9 Å². The van der Waals surface area contributed by atoms with Gasteiger partial charge >= 0.3 is 5.97 Å². The van der Waals surface area contributed by atoms with Crippen molar-refractivity contribution in [1.82, 2.24) is 4.57 Å². The maximum atomic E-state index is 13.7. The number of carbonyl (C=O) groups is 1.